The van der Waals surface area contributed by atoms with Crippen molar-refractivity contribution in [2.45, 2.75) is 6.04 Å². The topological polar surface area (TPSA) is 46.9 Å². The Morgan fingerprint density at radius 1 is 1.25 bits per heavy atom. The number of nitrogens with zero attached hydrogens (tertiary/aromatic N) is 2. The SMILES string of the molecule is Cn1ccnc1C(NC(=O)c1ccc(Cl)cc1F)c1ccccc1. The first-order chi connectivity index (χ1) is 11.6. The van der Waals surface area contributed by atoms with Crippen molar-refractivity contribution in [2.24, 2.45) is 7.05 Å². The fourth-order valence-electron chi connectivity index (χ4n) is 2.48. The second-order valence-corrected chi connectivity index (χ2v) is 5.77. The third-order valence-corrected chi connectivity index (χ3v) is 3.94. The zero-order valence-electron chi connectivity index (χ0n) is 12.9. The zero-order chi connectivity index (χ0) is 17.1. The minimum atomic E-state index is -0.661. The molecule has 0 aliphatic carbocycles. The molecule has 1 N–H and O–H groups in total. The maximum atomic E-state index is 14.0. The summed E-state index contributed by atoms with van der Waals surface area (Å²) in [6, 6.07) is 12.9. The first kappa shape index (κ1) is 16.2. The lowest BCUT2D eigenvalue weighted by atomic mass is 10.1. The molecule has 1 unspecified atom stereocenters. The number of carbonyl (C=O) groups is 1. The van der Waals surface area contributed by atoms with Gasteiger partial charge in [0.2, 0.25) is 0 Å². The van der Waals surface area contributed by atoms with Gasteiger partial charge >= 0.3 is 0 Å². The van der Waals surface area contributed by atoms with Crippen molar-refractivity contribution in [1.29, 1.82) is 0 Å². The van der Waals surface area contributed by atoms with Gasteiger partial charge in [-0.05, 0) is 23.8 Å². The van der Waals surface area contributed by atoms with Gasteiger partial charge in [-0.2, -0.15) is 0 Å². The van der Waals surface area contributed by atoms with E-state index in [1.165, 1.54) is 12.1 Å². The molecule has 0 aliphatic rings. The fraction of sp³-hybridized carbons (Fsp3) is 0.111. The Bertz CT molecular complexity index is 864. The number of hydrogen-bond acceptors (Lipinski definition) is 2. The summed E-state index contributed by atoms with van der Waals surface area (Å²) in [5, 5.41) is 3.09. The summed E-state index contributed by atoms with van der Waals surface area (Å²) in [5.74, 6) is -0.531. The average Bonchev–Trinajstić information content (AvgIpc) is 2.99. The Morgan fingerprint density at radius 2 is 2.00 bits per heavy atom. The molecule has 1 amide bonds. The molecule has 0 bridgehead atoms. The fourth-order valence-corrected chi connectivity index (χ4v) is 2.64. The number of nitrogens with one attached hydrogen (secondary N) is 1. The van der Waals surface area contributed by atoms with Crippen LogP contribution in [-0.2, 0) is 7.05 Å². The zero-order valence-corrected chi connectivity index (χ0v) is 13.7. The van der Waals surface area contributed by atoms with Gasteiger partial charge in [-0.3, -0.25) is 4.79 Å². The number of hydrogen-bond donors (Lipinski definition) is 1. The summed E-state index contributed by atoms with van der Waals surface area (Å²) in [5.41, 5.74) is 0.795. The van der Waals surface area contributed by atoms with Gasteiger partial charge in [-0.25, -0.2) is 9.37 Å². The molecule has 3 aromatic rings. The Hall–Kier alpha value is -2.66. The lowest BCUT2D eigenvalue weighted by Gasteiger charge is -2.19. The summed E-state index contributed by atoms with van der Waals surface area (Å²) in [7, 11) is 1.84. The molecule has 24 heavy (non-hydrogen) atoms. The maximum Gasteiger partial charge on any atom is 0.255 e. The van der Waals surface area contributed by atoms with E-state index in [-0.39, 0.29) is 10.6 Å². The van der Waals surface area contributed by atoms with Crippen LogP contribution in [0.1, 0.15) is 27.8 Å². The van der Waals surface area contributed by atoms with Crippen LogP contribution in [0.5, 0.6) is 0 Å². The van der Waals surface area contributed by atoms with E-state index in [2.05, 4.69) is 10.3 Å². The molecule has 0 saturated heterocycles. The summed E-state index contributed by atoms with van der Waals surface area (Å²) >= 11 is 5.74. The summed E-state index contributed by atoms with van der Waals surface area (Å²) in [6.45, 7) is 0. The highest BCUT2D eigenvalue weighted by Crippen LogP contribution is 2.22. The standard InChI is InChI=1S/C18H15ClFN3O/c1-23-10-9-21-17(23)16(12-5-3-2-4-6-12)22-18(24)14-8-7-13(19)11-15(14)20/h2-11,16H,1H3,(H,22,24). The average molecular weight is 344 g/mol. The van der Waals surface area contributed by atoms with Crippen LogP contribution >= 0.6 is 11.6 Å². The third-order valence-electron chi connectivity index (χ3n) is 3.70. The quantitative estimate of drug-likeness (QED) is 0.784. The van der Waals surface area contributed by atoms with Crippen LogP contribution in [-0.4, -0.2) is 15.5 Å². The van der Waals surface area contributed by atoms with E-state index in [0.717, 1.165) is 11.6 Å². The second-order valence-electron chi connectivity index (χ2n) is 5.34. The van der Waals surface area contributed by atoms with Crippen molar-refractivity contribution in [3.8, 4) is 0 Å². The highest BCUT2D eigenvalue weighted by molar-refractivity contribution is 6.30. The molecule has 0 aliphatic heterocycles. The Kier molecular flexibility index (Phi) is 4.62. The molecule has 0 fully saturated rings. The molecule has 0 radical (unpaired) electrons. The predicted molar refractivity (Wildman–Crippen MR) is 90.4 cm³/mol. The Morgan fingerprint density at radius 3 is 2.62 bits per heavy atom. The third kappa shape index (κ3) is 3.31. The van der Waals surface area contributed by atoms with Crippen molar-refractivity contribution < 1.29 is 9.18 Å². The van der Waals surface area contributed by atoms with Crippen molar-refractivity contribution in [3.05, 3.63) is 88.7 Å². The molecule has 1 aromatic heterocycles. The first-order valence-electron chi connectivity index (χ1n) is 7.34. The molecule has 0 spiro atoms. The predicted octanol–water partition coefficient (Wildman–Crippen LogP) is 3.73. The van der Waals surface area contributed by atoms with Crippen molar-refractivity contribution in [1.82, 2.24) is 14.9 Å². The largest absolute Gasteiger partial charge is 0.338 e. The Labute approximate surface area is 143 Å². The summed E-state index contributed by atoms with van der Waals surface area (Å²) < 4.78 is 15.8. The van der Waals surface area contributed by atoms with E-state index >= 15 is 0 Å². The molecule has 3 rings (SSSR count). The molecular formula is C18H15ClFN3O. The van der Waals surface area contributed by atoms with Gasteiger partial charge in [0.1, 0.15) is 17.7 Å². The molecule has 1 atom stereocenters. The maximum absolute atomic E-state index is 14.0. The van der Waals surface area contributed by atoms with Crippen molar-refractivity contribution in [2.75, 3.05) is 0 Å². The molecule has 2 aromatic carbocycles. The van der Waals surface area contributed by atoms with Gasteiger partial charge < -0.3 is 9.88 Å². The number of benzene rings is 2. The number of halogens is 2. The minimum Gasteiger partial charge on any atom is -0.338 e. The summed E-state index contributed by atoms with van der Waals surface area (Å²) in [4.78, 5) is 16.8. The lowest BCUT2D eigenvalue weighted by Crippen LogP contribution is -2.31. The number of carbonyl (C=O) groups excluding carboxylic acids is 1. The van der Waals surface area contributed by atoms with Crippen LogP contribution in [0.4, 0.5) is 4.39 Å². The van der Waals surface area contributed by atoms with Crippen LogP contribution in [0.2, 0.25) is 5.02 Å². The second kappa shape index (κ2) is 6.84. The van der Waals surface area contributed by atoms with Crippen LogP contribution in [0.15, 0.2) is 60.9 Å². The molecule has 0 saturated carbocycles. The summed E-state index contributed by atoms with van der Waals surface area (Å²) in [6.07, 6.45) is 3.45. The smallest absolute Gasteiger partial charge is 0.255 e. The normalized spacial score (nSPS) is 12.0. The van der Waals surface area contributed by atoms with Crippen LogP contribution in [0, 0.1) is 5.82 Å². The molecular weight excluding hydrogens is 329 g/mol. The molecule has 1 heterocycles. The molecule has 6 heteroatoms. The molecule has 122 valence electrons. The van der Waals surface area contributed by atoms with E-state index in [1.807, 2.05) is 41.9 Å². The van der Waals surface area contributed by atoms with E-state index in [1.54, 1.807) is 12.4 Å². The monoisotopic (exact) mass is 343 g/mol. The van der Waals surface area contributed by atoms with Gasteiger partial charge in [0.05, 0.1) is 5.56 Å². The van der Waals surface area contributed by atoms with E-state index in [4.69, 9.17) is 11.6 Å². The number of amides is 1. The van der Waals surface area contributed by atoms with E-state index in [0.29, 0.717) is 5.82 Å². The number of rotatable bonds is 4. The number of imidazole rings is 1. The van der Waals surface area contributed by atoms with Gasteiger partial charge in [0.15, 0.2) is 0 Å². The van der Waals surface area contributed by atoms with Crippen molar-refractivity contribution in [3.63, 3.8) is 0 Å². The van der Waals surface area contributed by atoms with E-state index in [9.17, 15) is 9.18 Å². The van der Waals surface area contributed by atoms with Crippen LogP contribution in [0.3, 0.4) is 0 Å². The van der Waals surface area contributed by atoms with Crippen LogP contribution < -0.4 is 5.32 Å². The lowest BCUT2D eigenvalue weighted by molar-refractivity contribution is 0.0937. The van der Waals surface area contributed by atoms with Crippen molar-refractivity contribution >= 4 is 17.5 Å². The van der Waals surface area contributed by atoms with E-state index < -0.39 is 17.8 Å². The Balaban J connectivity index is 1.95. The van der Waals surface area contributed by atoms with Gasteiger partial charge in [-0.1, -0.05) is 41.9 Å². The highest BCUT2D eigenvalue weighted by atomic mass is 35.5. The number of aryl methyl sites for hydroxylation is 1. The minimum absolute atomic E-state index is 0.0606. The highest BCUT2D eigenvalue weighted by Gasteiger charge is 2.22. The molecule has 4 nitrogen and oxygen atoms in total. The number of aromatic nitrogens is 2. The van der Waals surface area contributed by atoms with Gasteiger partial charge in [-0.15, -0.1) is 0 Å². The van der Waals surface area contributed by atoms with Crippen LogP contribution in [0.25, 0.3) is 0 Å². The van der Waals surface area contributed by atoms with Gasteiger partial charge in [0.25, 0.3) is 5.91 Å². The van der Waals surface area contributed by atoms with Gasteiger partial charge in [0, 0.05) is 24.5 Å². The first-order valence-corrected chi connectivity index (χ1v) is 7.72.